The van der Waals surface area contributed by atoms with Crippen LogP contribution in [-0.4, -0.2) is 53.9 Å². The molecule has 1 N–H and O–H groups in total. The quantitative estimate of drug-likeness (QED) is 0.809. The molecule has 2 aromatic rings. The van der Waals surface area contributed by atoms with Crippen LogP contribution in [0.25, 0.3) is 10.2 Å². The van der Waals surface area contributed by atoms with Crippen molar-refractivity contribution in [3.8, 4) is 0 Å². The van der Waals surface area contributed by atoms with Crippen molar-refractivity contribution in [3.63, 3.8) is 0 Å². The first-order valence-electron chi connectivity index (χ1n) is 9.76. The fraction of sp³-hybridized carbons (Fsp3) is 0.550. The lowest BCUT2D eigenvalue weighted by molar-refractivity contribution is -0.119. The Morgan fingerprint density at radius 1 is 1.34 bits per heavy atom. The standard InChI is InChI=1S/C20H23F2N3O3S/c1-28-14-5-3-12(9-14)17(26)24-19-23-15-6-4-13(10-16(15)29-19)18(27)25-8-2-7-20(21,22)11-25/h4,6,10,12,14H,2-3,5,7-9,11H2,1H3,(H,23,24,26). The maximum absolute atomic E-state index is 13.6. The van der Waals surface area contributed by atoms with Crippen LogP contribution in [0, 0.1) is 5.92 Å². The number of fused-ring (bicyclic) bond motifs is 1. The Balaban J connectivity index is 1.46. The predicted molar refractivity (Wildman–Crippen MR) is 106 cm³/mol. The average Bonchev–Trinajstić information content (AvgIpc) is 3.32. The van der Waals surface area contributed by atoms with Crippen LogP contribution in [0.4, 0.5) is 13.9 Å². The Hall–Kier alpha value is -2.13. The minimum atomic E-state index is -2.83. The van der Waals surface area contributed by atoms with Crippen molar-refractivity contribution < 1.29 is 23.1 Å². The number of methoxy groups -OCH3 is 1. The molecule has 1 aromatic carbocycles. The molecule has 0 radical (unpaired) electrons. The van der Waals surface area contributed by atoms with Crippen LogP contribution in [0.2, 0.25) is 0 Å². The van der Waals surface area contributed by atoms with Crippen molar-refractivity contribution in [1.29, 1.82) is 0 Å². The van der Waals surface area contributed by atoms with Gasteiger partial charge in [0, 0.05) is 31.6 Å². The summed E-state index contributed by atoms with van der Waals surface area (Å²) in [6.07, 6.45) is 2.59. The highest BCUT2D eigenvalue weighted by molar-refractivity contribution is 7.22. The summed E-state index contributed by atoms with van der Waals surface area (Å²) in [4.78, 5) is 30.7. The van der Waals surface area contributed by atoms with Gasteiger partial charge in [-0.05, 0) is 43.9 Å². The van der Waals surface area contributed by atoms with E-state index in [4.69, 9.17) is 4.74 Å². The smallest absolute Gasteiger partial charge is 0.265 e. The highest BCUT2D eigenvalue weighted by Crippen LogP contribution is 2.32. The van der Waals surface area contributed by atoms with E-state index in [9.17, 15) is 18.4 Å². The molecule has 2 amide bonds. The Labute approximate surface area is 171 Å². The number of alkyl halides is 2. The second-order valence-corrected chi connectivity index (χ2v) is 8.78. The van der Waals surface area contributed by atoms with Crippen molar-refractivity contribution >= 4 is 38.5 Å². The number of nitrogens with zero attached hydrogens (tertiary/aromatic N) is 2. The van der Waals surface area contributed by atoms with E-state index in [0.29, 0.717) is 35.6 Å². The largest absolute Gasteiger partial charge is 0.381 e. The number of amides is 2. The Bertz CT molecular complexity index is 933. The maximum Gasteiger partial charge on any atom is 0.265 e. The fourth-order valence-corrected chi connectivity index (χ4v) is 4.94. The molecule has 1 aromatic heterocycles. The van der Waals surface area contributed by atoms with E-state index < -0.39 is 18.4 Å². The molecule has 1 aliphatic carbocycles. The molecule has 1 saturated carbocycles. The fourth-order valence-electron chi connectivity index (χ4n) is 4.03. The van der Waals surface area contributed by atoms with Gasteiger partial charge in [-0.15, -0.1) is 0 Å². The number of halogens is 2. The molecular formula is C20H23F2N3O3S. The number of rotatable bonds is 4. The summed E-state index contributed by atoms with van der Waals surface area (Å²) in [6, 6.07) is 4.95. The van der Waals surface area contributed by atoms with Gasteiger partial charge in [-0.25, -0.2) is 13.8 Å². The number of ether oxygens (including phenoxy) is 1. The Kier molecular flexibility index (Phi) is 5.52. The predicted octanol–water partition coefficient (Wildman–Crippen LogP) is 3.92. The summed E-state index contributed by atoms with van der Waals surface area (Å²) >= 11 is 1.28. The number of piperidine rings is 1. The molecule has 29 heavy (non-hydrogen) atoms. The van der Waals surface area contributed by atoms with Gasteiger partial charge in [0.1, 0.15) is 0 Å². The molecular weight excluding hydrogens is 400 g/mol. The molecule has 1 saturated heterocycles. The average molecular weight is 423 g/mol. The minimum absolute atomic E-state index is 0.0737. The lowest BCUT2D eigenvalue weighted by Gasteiger charge is -2.32. The third kappa shape index (κ3) is 4.40. The first kappa shape index (κ1) is 20.2. The lowest BCUT2D eigenvalue weighted by atomic mass is 10.1. The number of anilines is 1. The third-order valence-electron chi connectivity index (χ3n) is 5.63. The number of aromatic nitrogens is 1. The molecule has 4 rings (SSSR count). The van der Waals surface area contributed by atoms with Gasteiger partial charge >= 0.3 is 0 Å². The summed E-state index contributed by atoms with van der Waals surface area (Å²) in [6.45, 7) is -0.210. The van der Waals surface area contributed by atoms with Crippen molar-refractivity contribution in [2.75, 3.05) is 25.5 Å². The van der Waals surface area contributed by atoms with Gasteiger partial charge in [0.05, 0.1) is 22.9 Å². The van der Waals surface area contributed by atoms with Crippen molar-refractivity contribution in [2.45, 2.75) is 44.1 Å². The van der Waals surface area contributed by atoms with Crippen molar-refractivity contribution in [1.82, 2.24) is 9.88 Å². The van der Waals surface area contributed by atoms with Crippen LogP contribution in [0.5, 0.6) is 0 Å². The highest BCUT2D eigenvalue weighted by atomic mass is 32.1. The van der Waals surface area contributed by atoms with E-state index in [-0.39, 0.29) is 24.3 Å². The number of hydrogen-bond donors (Lipinski definition) is 1. The van der Waals surface area contributed by atoms with E-state index in [1.165, 1.54) is 16.2 Å². The molecule has 0 bridgehead atoms. The molecule has 2 fully saturated rings. The Morgan fingerprint density at radius 2 is 2.17 bits per heavy atom. The van der Waals surface area contributed by atoms with Gasteiger partial charge in [-0.1, -0.05) is 11.3 Å². The topological polar surface area (TPSA) is 71.5 Å². The first-order valence-corrected chi connectivity index (χ1v) is 10.6. The van der Waals surface area contributed by atoms with Gasteiger partial charge in [-0.3, -0.25) is 9.59 Å². The number of hydrogen-bond acceptors (Lipinski definition) is 5. The van der Waals surface area contributed by atoms with Crippen LogP contribution in [-0.2, 0) is 9.53 Å². The Morgan fingerprint density at radius 3 is 2.90 bits per heavy atom. The molecule has 9 heteroatoms. The SMILES string of the molecule is COC1CCC(C(=O)Nc2nc3ccc(C(=O)N4CCCC(F)(F)C4)cc3s2)C1. The molecule has 2 atom stereocenters. The van der Waals surface area contributed by atoms with Gasteiger partial charge in [0.15, 0.2) is 5.13 Å². The van der Waals surface area contributed by atoms with Gasteiger partial charge in [-0.2, -0.15) is 0 Å². The van der Waals surface area contributed by atoms with Crippen LogP contribution in [0.1, 0.15) is 42.5 Å². The van der Waals surface area contributed by atoms with Crippen molar-refractivity contribution in [2.24, 2.45) is 5.92 Å². The number of thiazole rings is 1. The molecule has 1 aliphatic heterocycles. The second kappa shape index (κ2) is 7.95. The molecule has 2 aliphatic rings. The zero-order chi connectivity index (χ0) is 20.6. The zero-order valence-electron chi connectivity index (χ0n) is 16.1. The van der Waals surface area contributed by atoms with Gasteiger partial charge in [0.25, 0.3) is 11.8 Å². The van der Waals surface area contributed by atoms with E-state index in [2.05, 4.69) is 10.3 Å². The minimum Gasteiger partial charge on any atom is -0.381 e. The summed E-state index contributed by atoms with van der Waals surface area (Å²) in [7, 11) is 1.66. The number of carbonyl (C=O) groups is 2. The normalized spacial score (nSPS) is 24.0. The number of carbonyl (C=O) groups excluding carboxylic acids is 2. The first-order chi connectivity index (χ1) is 13.8. The number of benzene rings is 1. The molecule has 2 heterocycles. The molecule has 2 unspecified atom stereocenters. The van der Waals surface area contributed by atoms with Crippen LogP contribution in [0.3, 0.4) is 0 Å². The summed E-state index contributed by atoms with van der Waals surface area (Å²) in [5.41, 5.74) is 1.02. The summed E-state index contributed by atoms with van der Waals surface area (Å²) in [5.74, 6) is -3.40. The third-order valence-corrected chi connectivity index (χ3v) is 6.57. The summed E-state index contributed by atoms with van der Waals surface area (Å²) < 4.78 is 33.3. The number of nitrogens with one attached hydrogen (secondary N) is 1. The van der Waals surface area contributed by atoms with E-state index in [1.807, 2.05) is 0 Å². The monoisotopic (exact) mass is 423 g/mol. The van der Waals surface area contributed by atoms with Crippen LogP contribution in [0.15, 0.2) is 18.2 Å². The maximum atomic E-state index is 13.6. The van der Waals surface area contributed by atoms with E-state index in [0.717, 1.165) is 17.5 Å². The lowest BCUT2D eigenvalue weighted by Crippen LogP contribution is -2.45. The van der Waals surface area contributed by atoms with Crippen LogP contribution >= 0.6 is 11.3 Å². The molecule has 0 spiro atoms. The highest BCUT2D eigenvalue weighted by Gasteiger charge is 2.37. The van der Waals surface area contributed by atoms with E-state index >= 15 is 0 Å². The van der Waals surface area contributed by atoms with Gasteiger partial charge in [0.2, 0.25) is 5.91 Å². The second-order valence-electron chi connectivity index (χ2n) is 7.74. The van der Waals surface area contributed by atoms with E-state index in [1.54, 1.807) is 25.3 Å². The molecule has 156 valence electrons. The van der Waals surface area contributed by atoms with Crippen LogP contribution < -0.4 is 5.32 Å². The zero-order valence-corrected chi connectivity index (χ0v) is 16.9. The molecule has 6 nitrogen and oxygen atoms in total. The number of likely N-dealkylation sites (tertiary alicyclic amines) is 1. The van der Waals surface area contributed by atoms with Crippen molar-refractivity contribution in [3.05, 3.63) is 23.8 Å². The summed E-state index contributed by atoms with van der Waals surface area (Å²) in [5, 5.41) is 3.33. The van der Waals surface area contributed by atoms with Gasteiger partial charge < -0.3 is 15.0 Å².